The van der Waals surface area contributed by atoms with Crippen molar-refractivity contribution in [3.05, 3.63) is 61.6 Å². The van der Waals surface area contributed by atoms with Crippen LogP contribution in [0.3, 0.4) is 0 Å². The normalized spacial score (nSPS) is 11.1. The lowest BCUT2D eigenvalue weighted by molar-refractivity contribution is 0.102. The molecule has 0 aliphatic rings. The van der Waals surface area contributed by atoms with Crippen molar-refractivity contribution in [2.45, 2.75) is 0 Å². The van der Waals surface area contributed by atoms with Gasteiger partial charge in [0.15, 0.2) is 5.82 Å². The predicted molar refractivity (Wildman–Crippen MR) is 113 cm³/mol. The summed E-state index contributed by atoms with van der Waals surface area (Å²) in [5, 5.41) is 7.40. The molecule has 0 radical (unpaired) electrons. The Morgan fingerprint density at radius 1 is 1.25 bits per heavy atom. The van der Waals surface area contributed by atoms with Gasteiger partial charge in [0, 0.05) is 26.9 Å². The first-order valence-electron chi connectivity index (χ1n) is 8.06. The second-order valence-corrected chi connectivity index (χ2v) is 7.85. The van der Waals surface area contributed by atoms with Crippen molar-refractivity contribution >= 4 is 60.0 Å². The monoisotopic (exact) mass is 505 g/mol. The van der Waals surface area contributed by atoms with Gasteiger partial charge < -0.3 is 15.6 Å². The number of benzene rings is 2. The van der Waals surface area contributed by atoms with Gasteiger partial charge in [-0.1, -0.05) is 37.0 Å². The van der Waals surface area contributed by atoms with E-state index < -0.39 is 5.76 Å². The summed E-state index contributed by atoms with van der Waals surface area (Å²) in [6.45, 7) is 0. The average Bonchev–Trinajstić information content (AvgIpc) is 3.24. The quantitative estimate of drug-likeness (QED) is 0.364. The highest BCUT2D eigenvalue weighted by atomic mass is 79.9. The highest BCUT2D eigenvalue weighted by Crippen LogP contribution is 2.32. The zero-order valence-corrected chi connectivity index (χ0v) is 17.6. The Labute approximate surface area is 175 Å². The number of anilines is 2. The Balaban J connectivity index is 1.77. The van der Waals surface area contributed by atoms with Gasteiger partial charge >= 0.3 is 5.76 Å². The van der Waals surface area contributed by atoms with E-state index in [9.17, 15) is 9.59 Å². The maximum atomic E-state index is 13.0. The van der Waals surface area contributed by atoms with E-state index in [1.54, 1.807) is 41.9 Å². The summed E-state index contributed by atoms with van der Waals surface area (Å²) < 4.78 is 7.91. The summed E-state index contributed by atoms with van der Waals surface area (Å²) in [6.07, 6.45) is 0. The highest BCUT2D eigenvalue weighted by Gasteiger charge is 2.19. The van der Waals surface area contributed by atoms with Crippen LogP contribution in [0.25, 0.3) is 22.3 Å². The first-order chi connectivity index (χ1) is 13.3. The number of fused-ring (bicyclic) bond motifs is 1. The van der Waals surface area contributed by atoms with E-state index in [0.717, 1.165) is 19.8 Å². The lowest BCUT2D eigenvalue weighted by atomic mass is 10.1. The first-order valence-corrected chi connectivity index (χ1v) is 9.64. The van der Waals surface area contributed by atoms with Crippen LogP contribution in [-0.4, -0.2) is 20.6 Å². The molecule has 0 bridgehead atoms. The maximum absolute atomic E-state index is 13.0. The number of nitrogens with zero attached hydrogens (tertiary/aromatic N) is 2. The topological polar surface area (TPSA) is 119 Å². The van der Waals surface area contributed by atoms with Gasteiger partial charge in [-0.2, -0.15) is 0 Å². The minimum atomic E-state index is -0.679. The molecule has 10 heteroatoms. The fraction of sp³-hybridized carbons (Fsp3) is 0.0556. The third kappa shape index (κ3) is 3.14. The molecule has 4 aromatic rings. The number of H-pyrrole nitrogens is 1. The minimum Gasteiger partial charge on any atom is -0.397 e. The molecule has 4 N–H and O–H groups in total. The number of nitrogen functional groups attached to an aromatic ring is 1. The molecule has 2 heterocycles. The van der Waals surface area contributed by atoms with Crippen molar-refractivity contribution in [2.24, 2.45) is 7.05 Å². The molecule has 0 aliphatic heterocycles. The molecule has 1 amide bonds. The van der Waals surface area contributed by atoms with Crippen LogP contribution in [-0.2, 0) is 7.05 Å². The fourth-order valence-corrected chi connectivity index (χ4v) is 3.83. The smallest absolute Gasteiger partial charge is 0.397 e. The Morgan fingerprint density at radius 3 is 2.71 bits per heavy atom. The standard InChI is InChI=1S/C18H13Br2N5O3/c1-25-14(7-9-11(20)3-4-12(21)15(9)25)17(26)22-13-5-2-8(19)6-10(13)16-23-18(27)28-24-16/h2-7H,21H2,1H3,(H,22,26)(H,23,24,27). The molecule has 8 nitrogen and oxygen atoms in total. The zero-order valence-electron chi connectivity index (χ0n) is 14.4. The Morgan fingerprint density at radius 2 is 2.04 bits per heavy atom. The number of rotatable bonds is 3. The van der Waals surface area contributed by atoms with E-state index in [1.165, 1.54) is 0 Å². The molecule has 2 aromatic carbocycles. The van der Waals surface area contributed by atoms with E-state index in [-0.39, 0.29) is 11.7 Å². The van der Waals surface area contributed by atoms with Gasteiger partial charge in [0.1, 0.15) is 5.69 Å². The summed E-state index contributed by atoms with van der Waals surface area (Å²) in [5.41, 5.74) is 8.82. The van der Waals surface area contributed by atoms with Crippen LogP contribution in [0.2, 0.25) is 0 Å². The molecule has 0 unspecified atom stereocenters. The van der Waals surface area contributed by atoms with Crippen molar-refractivity contribution in [1.29, 1.82) is 0 Å². The lowest BCUT2D eigenvalue weighted by Crippen LogP contribution is -2.16. The van der Waals surface area contributed by atoms with Crippen LogP contribution >= 0.6 is 31.9 Å². The van der Waals surface area contributed by atoms with Crippen LogP contribution in [0.5, 0.6) is 0 Å². The molecule has 2 aromatic heterocycles. The fourth-order valence-electron chi connectivity index (χ4n) is 3.04. The minimum absolute atomic E-state index is 0.214. The highest BCUT2D eigenvalue weighted by molar-refractivity contribution is 9.11. The van der Waals surface area contributed by atoms with Gasteiger partial charge in [-0.25, -0.2) is 4.79 Å². The van der Waals surface area contributed by atoms with Crippen LogP contribution in [0.15, 0.2) is 54.7 Å². The SMILES string of the molecule is Cn1c(C(=O)Nc2ccc(Br)cc2-c2noc(=O)[nH]2)cc2c(Br)ccc(N)c21. The van der Waals surface area contributed by atoms with Crippen molar-refractivity contribution in [3.63, 3.8) is 0 Å². The number of hydrogen-bond acceptors (Lipinski definition) is 5. The molecule has 0 spiro atoms. The third-order valence-electron chi connectivity index (χ3n) is 4.33. The van der Waals surface area contributed by atoms with Crippen molar-refractivity contribution in [2.75, 3.05) is 11.1 Å². The molecule has 0 fully saturated rings. The summed E-state index contributed by atoms with van der Waals surface area (Å²) in [5.74, 6) is -0.800. The number of carbonyl (C=O) groups is 1. The van der Waals surface area contributed by atoms with Crippen LogP contribution in [0.4, 0.5) is 11.4 Å². The Kier molecular flexibility index (Phi) is 4.60. The zero-order chi connectivity index (χ0) is 20.0. The van der Waals surface area contributed by atoms with Gasteiger partial charge in [-0.15, -0.1) is 0 Å². The second-order valence-electron chi connectivity index (χ2n) is 6.08. The number of carbonyl (C=O) groups excluding carboxylic acids is 1. The van der Waals surface area contributed by atoms with Gasteiger partial charge in [0.05, 0.1) is 16.9 Å². The van der Waals surface area contributed by atoms with Gasteiger partial charge in [-0.05, 0) is 36.4 Å². The van der Waals surface area contributed by atoms with Crippen LogP contribution in [0, 0.1) is 0 Å². The summed E-state index contributed by atoms with van der Waals surface area (Å²) in [4.78, 5) is 26.8. The average molecular weight is 507 g/mol. The predicted octanol–water partition coefficient (Wildman–Crippen LogP) is 3.88. The second kappa shape index (κ2) is 6.95. The van der Waals surface area contributed by atoms with Crippen LogP contribution < -0.4 is 16.8 Å². The number of nitrogens with one attached hydrogen (secondary N) is 2. The molecule has 0 atom stereocenters. The molecule has 0 aliphatic carbocycles. The van der Waals surface area contributed by atoms with Crippen molar-refractivity contribution < 1.29 is 9.32 Å². The van der Waals surface area contributed by atoms with Crippen LogP contribution in [0.1, 0.15) is 10.5 Å². The molecular formula is C18H13Br2N5O3. The van der Waals surface area contributed by atoms with Gasteiger partial charge in [0.25, 0.3) is 5.91 Å². The third-order valence-corrected chi connectivity index (χ3v) is 5.52. The van der Waals surface area contributed by atoms with E-state index in [1.807, 2.05) is 6.07 Å². The van der Waals surface area contributed by atoms with E-state index in [4.69, 9.17) is 5.73 Å². The maximum Gasteiger partial charge on any atom is 0.439 e. The molecule has 0 saturated heterocycles. The Bertz CT molecular complexity index is 1290. The molecule has 28 heavy (non-hydrogen) atoms. The molecule has 142 valence electrons. The molecular weight excluding hydrogens is 494 g/mol. The van der Waals surface area contributed by atoms with Crippen molar-refractivity contribution in [1.82, 2.24) is 14.7 Å². The molecule has 0 saturated carbocycles. The molecule has 4 rings (SSSR count). The summed E-state index contributed by atoms with van der Waals surface area (Å²) in [6, 6.07) is 10.6. The number of aromatic amines is 1. The van der Waals surface area contributed by atoms with E-state index >= 15 is 0 Å². The van der Waals surface area contributed by atoms with E-state index in [2.05, 4.69) is 51.8 Å². The first kappa shape index (κ1) is 18.5. The number of aromatic nitrogens is 3. The summed E-state index contributed by atoms with van der Waals surface area (Å²) in [7, 11) is 1.78. The van der Waals surface area contributed by atoms with E-state index in [0.29, 0.717) is 22.6 Å². The Hall–Kier alpha value is -2.85. The largest absolute Gasteiger partial charge is 0.439 e. The number of nitrogens with two attached hydrogens (primary N) is 1. The number of aryl methyl sites for hydroxylation is 1. The van der Waals surface area contributed by atoms with Crippen molar-refractivity contribution in [3.8, 4) is 11.4 Å². The van der Waals surface area contributed by atoms with Gasteiger partial charge in [-0.3, -0.25) is 14.3 Å². The number of halogens is 2. The van der Waals surface area contributed by atoms with Gasteiger partial charge in [0.2, 0.25) is 0 Å². The summed E-state index contributed by atoms with van der Waals surface area (Å²) >= 11 is 6.86. The number of hydrogen-bond donors (Lipinski definition) is 3. The lowest BCUT2D eigenvalue weighted by Gasteiger charge is -2.10. The number of amides is 1.